The second-order valence-electron chi connectivity index (χ2n) is 6.25. The molecule has 27 heavy (non-hydrogen) atoms. The Balaban J connectivity index is 1.52. The first kappa shape index (κ1) is 17.5. The van der Waals surface area contributed by atoms with Crippen LogP contribution in [-0.2, 0) is 6.61 Å². The standard InChI is InChI=1S/C22H18BrN3O/c1-15-5-10-20-21(11-12-24-22(20)25-15)26-18-3-2-4-19(13-18)27-14-16-6-8-17(23)9-7-16/h2-13H,14H2,1H3,(H,24,25,26). The van der Waals surface area contributed by atoms with E-state index in [0.29, 0.717) is 6.61 Å². The highest BCUT2D eigenvalue weighted by Crippen LogP contribution is 2.26. The van der Waals surface area contributed by atoms with Crippen LogP contribution >= 0.6 is 15.9 Å². The lowest BCUT2D eigenvalue weighted by Crippen LogP contribution is -1.97. The van der Waals surface area contributed by atoms with E-state index in [1.54, 1.807) is 6.20 Å². The van der Waals surface area contributed by atoms with Crippen LogP contribution in [0.25, 0.3) is 11.0 Å². The molecular formula is C22H18BrN3O. The van der Waals surface area contributed by atoms with E-state index in [2.05, 4.69) is 31.2 Å². The predicted molar refractivity (Wildman–Crippen MR) is 112 cm³/mol. The molecule has 0 unspecified atom stereocenters. The molecule has 0 fully saturated rings. The molecule has 134 valence electrons. The molecule has 0 saturated carbocycles. The first-order valence-corrected chi connectivity index (χ1v) is 9.43. The highest BCUT2D eigenvalue weighted by atomic mass is 79.9. The summed E-state index contributed by atoms with van der Waals surface area (Å²) < 4.78 is 7.00. The van der Waals surface area contributed by atoms with Crippen LogP contribution in [0.1, 0.15) is 11.3 Å². The maximum Gasteiger partial charge on any atom is 0.161 e. The van der Waals surface area contributed by atoms with Gasteiger partial charge in [-0.25, -0.2) is 9.97 Å². The number of hydrogen-bond donors (Lipinski definition) is 1. The van der Waals surface area contributed by atoms with Gasteiger partial charge in [-0.3, -0.25) is 0 Å². The number of pyridine rings is 2. The summed E-state index contributed by atoms with van der Waals surface area (Å²) in [5.41, 5.74) is 4.74. The van der Waals surface area contributed by atoms with Gasteiger partial charge in [-0.1, -0.05) is 34.1 Å². The number of benzene rings is 2. The average Bonchev–Trinajstić information content (AvgIpc) is 2.68. The van der Waals surface area contributed by atoms with E-state index in [9.17, 15) is 0 Å². The van der Waals surface area contributed by atoms with Crippen molar-refractivity contribution in [1.29, 1.82) is 0 Å². The van der Waals surface area contributed by atoms with Gasteiger partial charge in [0.15, 0.2) is 5.65 Å². The van der Waals surface area contributed by atoms with E-state index < -0.39 is 0 Å². The van der Waals surface area contributed by atoms with Gasteiger partial charge in [-0.15, -0.1) is 0 Å². The van der Waals surface area contributed by atoms with Crippen LogP contribution in [0.15, 0.2) is 77.4 Å². The molecule has 5 heteroatoms. The normalized spacial score (nSPS) is 10.7. The van der Waals surface area contributed by atoms with E-state index in [1.807, 2.05) is 73.7 Å². The zero-order valence-electron chi connectivity index (χ0n) is 14.8. The Morgan fingerprint density at radius 3 is 2.70 bits per heavy atom. The SMILES string of the molecule is Cc1ccc2c(Nc3cccc(OCc4ccc(Br)cc4)c3)ccnc2n1. The zero-order chi connectivity index (χ0) is 18.6. The summed E-state index contributed by atoms with van der Waals surface area (Å²) in [6, 6.07) is 22.1. The Morgan fingerprint density at radius 1 is 1.00 bits per heavy atom. The van der Waals surface area contributed by atoms with E-state index in [-0.39, 0.29) is 0 Å². The van der Waals surface area contributed by atoms with E-state index in [0.717, 1.165) is 43.9 Å². The van der Waals surface area contributed by atoms with Crippen molar-refractivity contribution < 1.29 is 4.74 Å². The average molecular weight is 420 g/mol. The number of ether oxygens (including phenoxy) is 1. The smallest absolute Gasteiger partial charge is 0.161 e. The molecule has 0 aliphatic heterocycles. The summed E-state index contributed by atoms with van der Waals surface area (Å²) in [5.74, 6) is 0.815. The minimum atomic E-state index is 0.526. The molecule has 4 nitrogen and oxygen atoms in total. The molecule has 0 bridgehead atoms. The topological polar surface area (TPSA) is 47.0 Å². The lowest BCUT2D eigenvalue weighted by Gasteiger charge is -2.12. The van der Waals surface area contributed by atoms with Crippen molar-refractivity contribution >= 4 is 38.3 Å². The highest BCUT2D eigenvalue weighted by Gasteiger charge is 2.05. The number of aromatic nitrogens is 2. The number of anilines is 2. The third kappa shape index (κ3) is 4.26. The number of nitrogens with zero attached hydrogens (tertiary/aromatic N) is 2. The number of aryl methyl sites for hydroxylation is 1. The Kier molecular flexibility index (Phi) is 5.03. The van der Waals surface area contributed by atoms with Gasteiger partial charge < -0.3 is 10.1 Å². The molecule has 4 rings (SSSR count). The lowest BCUT2D eigenvalue weighted by atomic mass is 10.2. The summed E-state index contributed by atoms with van der Waals surface area (Å²) in [6.45, 7) is 2.49. The highest BCUT2D eigenvalue weighted by molar-refractivity contribution is 9.10. The molecule has 2 aromatic carbocycles. The van der Waals surface area contributed by atoms with E-state index in [4.69, 9.17) is 4.74 Å². The van der Waals surface area contributed by atoms with Gasteiger partial charge in [0.05, 0.1) is 5.69 Å². The van der Waals surface area contributed by atoms with E-state index in [1.165, 1.54) is 0 Å². The fourth-order valence-corrected chi connectivity index (χ4v) is 3.06. The third-order valence-corrected chi connectivity index (χ3v) is 4.70. The number of hydrogen-bond acceptors (Lipinski definition) is 4. The van der Waals surface area contributed by atoms with Crippen molar-refractivity contribution in [2.24, 2.45) is 0 Å². The van der Waals surface area contributed by atoms with Crippen molar-refractivity contribution in [3.8, 4) is 5.75 Å². The van der Waals surface area contributed by atoms with Gasteiger partial charge in [0.1, 0.15) is 12.4 Å². The van der Waals surface area contributed by atoms with Crippen LogP contribution in [0.2, 0.25) is 0 Å². The lowest BCUT2D eigenvalue weighted by molar-refractivity contribution is 0.306. The Hall–Kier alpha value is -2.92. The molecule has 1 N–H and O–H groups in total. The van der Waals surface area contributed by atoms with Crippen LogP contribution in [0, 0.1) is 6.92 Å². The van der Waals surface area contributed by atoms with Crippen LogP contribution < -0.4 is 10.1 Å². The Bertz CT molecular complexity index is 1080. The largest absolute Gasteiger partial charge is 0.489 e. The summed E-state index contributed by atoms with van der Waals surface area (Å²) >= 11 is 3.45. The van der Waals surface area contributed by atoms with E-state index >= 15 is 0 Å². The fraction of sp³-hybridized carbons (Fsp3) is 0.0909. The first-order chi connectivity index (χ1) is 13.2. The second-order valence-corrected chi connectivity index (χ2v) is 7.17. The molecular weight excluding hydrogens is 402 g/mol. The Morgan fingerprint density at radius 2 is 1.85 bits per heavy atom. The Labute approximate surface area is 166 Å². The summed E-state index contributed by atoms with van der Waals surface area (Å²) in [6.07, 6.45) is 1.77. The van der Waals surface area contributed by atoms with Gasteiger partial charge in [0.2, 0.25) is 0 Å². The molecule has 0 atom stereocenters. The zero-order valence-corrected chi connectivity index (χ0v) is 16.4. The van der Waals surface area contributed by atoms with Gasteiger partial charge in [-0.05, 0) is 55.0 Å². The van der Waals surface area contributed by atoms with Crippen molar-refractivity contribution in [2.75, 3.05) is 5.32 Å². The maximum atomic E-state index is 5.93. The molecule has 0 amide bonds. The maximum absolute atomic E-state index is 5.93. The van der Waals surface area contributed by atoms with Crippen molar-refractivity contribution in [3.05, 3.63) is 88.7 Å². The molecule has 0 radical (unpaired) electrons. The molecule has 0 aliphatic carbocycles. The molecule has 0 aliphatic rings. The minimum Gasteiger partial charge on any atom is -0.489 e. The van der Waals surface area contributed by atoms with Gasteiger partial charge in [-0.2, -0.15) is 0 Å². The van der Waals surface area contributed by atoms with Gasteiger partial charge in [0, 0.05) is 33.5 Å². The predicted octanol–water partition coefficient (Wildman–Crippen LogP) is 6.02. The van der Waals surface area contributed by atoms with Crippen molar-refractivity contribution in [1.82, 2.24) is 9.97 Å². The fourth-order valence-electron chi connectivity index (χ4n) is 2.80. The molecule has 0 saturated heterocycles. The summed E-state index contributed by atoms with van der Waals surface area (Å²) in [5, 5.41) is 4.44. The van der Waals surface area contributed by atoms with Crippen molar-refractivity contribution in [2.45, 2.75) is 13.5 Å². The van der Waals surface area contributed by atoms with Gasteiger partial charge in [0.25, 0.3) is 0 Å². The van der Waals surface area contributed by atoms with Crippen LogP contribution in [-0.4, -0.2) is 9.97 Å². The summed E-state index contributed by atoms with van der Waals surface area (Å²) in [7, 11) is 0. The first-order valence-electron chi connectivity index (χ1n) is 8.64. The molecule has 0 spiro atoms. The third-order valence-electron chi connectivity index (χ3n) is 4.17. The summed E-state index contributed by atoms with van der Waals surface area (Å²) in [4.78, 5) is 8.84. The number of rotatable bonds is 5. The number of halogens is 1. The molecule has 2 heterocycles. The molecule has 4 aromatic rings. The van der Waals surface area contributed by atoms with Crippen LogP contribution in [0.4, 0.5) is 11.4 Å². The van der Waals surface area contributed by atoms with Crippen LogP contribution in [0.5, 0.6) is 5.75 Å². The number of fused-ring (bicyclic) bond motifs is 1. The van der Waals surface area contributed by atoms with Crippen LogP contribution in [0.3, 0.4) is 0 Å². The second kappa shape index (κ2) is 7.76. The number of nitrogens with one attached hydrogen (secondary N) is 1. The van der Waals surface area contributed by atoms with Crippen molar-refractivity contribution in [3.63, 3.8) is 0 Å². The minimum absolute atomic E-state index is 0.526. The monoisotopic (exact) mass is 419 g/mol. The van der Waals surface area contributed by atoms with Gasteiger partial charge >= 0.3 is 0 Å². The molecule has 2 aromatic heterocycles. The quantitative estimate of drug-likeness (QED) is 0.429.